The minimum Gasteiger partial charge on any atom is -0.454 e. The van der Waals surface area contributed by atoms with E-state index in [1.165, 1.54) is 0 Å². The third kappa shape index (κ3) is 4.52. The van der Waals surface area contributed by atoms with Crippen molar-refractivity contribution < 1.29 is 19.4 Å². The molecule has 0 saturated heterocycles. The van der Waals surface area contributed by atoms with Crippen molar-refractivity contribution in [2.24, 2.45) is 0 Å². The molecule has 24 heavy (non-hydrogen) atoms. The second-order valence-electron chi connectivity index (χ2n) is 6.68. The molecule has 2 rings (SSSR count). The zero-order valence-electron chi connectivity index (χ0n) is 14.2. The minimum atomic E-state index is -0.556. The van der Waals surface area contributed by atoms with Gasteiger partial charge in [0.2, 0.25) is 0 Å². The van der Waals surface area contributed by atoms with Gasteiger partial charge in [-0.1, -0.05) is 57.2 Å². The molecule has 2 aromatic rings. The van der Waals surface area contributed by atoms with Crippen molar-refractivity contribution in [2.45, 2.75) is 32.8 Å². The lowest BCUT2D eigenvalue weighted by Crippen LogP contribution is -2.15. The fraction of sp³-hybridized carbons (Fsp3) is 0.300. The van der Waals surface area contributed by atoms with Gasteiger partial charge in [-0.15, -0.1) is 0 Å². The van der Waals surface area contributed by atoms with Gasteiger partial charge in [0.15, 0.2) is 12.4 Å². The number of carbonyl (C=O) groups excluding carboxylic acids is 2. The van der Waals surface area contributed by atoms with E-state index in [1.807, 2.05) is 12.1 Å². The molecule has 0 aliphatic rings. The monoisotopic (exact) mass is 326 g/mol. The number of hydrogen-bond acceptors (Lipinski definition) is 4. The summed E-state index contributed by atoms with van der Waals surface area (Å²) >= 11 is 0. The Labute approximate surface area is 142 Å². The molecule has 4 heteroatoms. The molecule has 0 fully saturated rings. The van der Waals surface area contributed by atoms with E-state index in [2.05, 4.69) is 20.8 Å². The molecule has 0 aromatic heterocycles. The number of carbonyl (C=O) groups is 2. The Kier molecular flexibility index (Phi) is 5.52. The van der Waals surface area contributed by atoms with Gasteiger partial charge in [0.05, 0.1) is 12.2 Å². The second kappa shape index (κ2) is 7.41. The molecule has 126 valence electrons. The summed E-state index contributed by atoms with van der Waals surface area (Å²) in [5, 5.41) is 8.98. The summed E-state index contributed by atoms with van der Waals surface area (Å²) in [6.07, 6.45) is 0. The normalized spacial score (nSPS) is 11.2. The van der Waals surface area contributed by atoms with Crippen LogP contribution in [0, 0.1) is 0 Å². The molecule has 0 saturated carbocycles. The third-order valence-corrected chi connectivity index (χ3v) is 3.78. The van der Waals surface area contributed by atoms with Crippen LogP contribution in [-0.2, 0) is 16.8 Å². The molecule has 1 N–H and O–H groups in total. The number of benzene rings is 2. The standard InChI is InChI=1S/C20H22O4/c1-20(2,3)17-10-8-15(9-11-17)18(22)13-24-19(23)16-6-4-14(12-21)5-7-16/h4-11,21H,12-13H2,1-3H3. The smallest absolute Gasteiger partial charge is 0.338 e. The van der Waals surface area contributed by atoms with Crippen molar-refractivity contribution in [3.8, 4) is 0 Å². The second-order valence-corrected chi connectivity index (χ2v) is 6.68. The Morgan fingerprint density at radius 1 is 0.917 bits per heavy atom. The molecule has 2 aromatic carbocycles. The number of Topliss-reactive ketones (excluding diaryl/α,β-unsaturated/α-hetero) is 1. The highest BCUT2D eigenvalue weighted by molar-refractivity contribution is 5.99. The molecular weight excluding hydrogens is 304 g/mol. The van der Waals surface area contributed by atoms with Gasteiger partial charge in [-0.3, -0.25) is 4.79 Å². The fourth-order valence-corrected chi connectivity index (χ4v) is 2.20. The van der Waals surface area contributed by atoms with Crippen molar-refractivity contribution in [3.63, 3.8) is 0 Å². The summed E-state index contributed by atoms with van der Waals surface area (Å²) in [6, 6.07) is 13.8. The van der Waals surface area contributed by atoms with Gasteiger partial charge in [-0.2, -0.15) is 0 Å². The first-order valence-corrected chi connectivity index (χ1v) is 7.82. The molecule has 0 heterocycles. The number of aliphatic hydroxyl groups is 1. The minimum absolute atomic E-state index is 0.0226. The third-order valence-electron chi connectivity index (χ3n) is 3.78. The van der Waals surface area contributed by atoms with Gasteiger partial charge in [0, 0.05) is 5.56 Å². The van der Waals surface area contributed by atoms with E-state index in [1.54, 1.807) is 36.4 Å². The number of ketones is 1. The van der Waals surface area contributed by atoms with Crippen molar-refractivity contribution in [2.75, 3.05) is 6.61 Å². The lowest BCUT2D eigenvalue weighted by Gasteiger charge is -2.18. The van der Waals surface area contributed by atoms with Crippen LogP contribution in [0.2, 0.25) is 0 Å². The molecule has 0 spiro atoms. The van der Waals surface area contributed by atoms with Crippen LogP contribution in [0.1, 0.15) is 52.6 Å². The Morgan fingerprint density at radius 2 is 1.46 bits per heavy atom. The van der Waals surface area contributed by atoms with Crippen molar-refractivity contribution in [1.29, 1.82) is 0 Å². The molecule has 0 unspecified atom stereocenters. The van der Waals surface area contributed by atoms with Crippen molar-refractivity contribution >= 4 is 11.8 Å². The molecule has 0 aliphatic heterocycles. The van der Waals surface area contributed by atoms with Crippen LogP contribution in [0.15, 0.2) is 48.5 Å². The van der Waals surface area contributed by atoms with Gasteiger partial charge in [-0.25, -0.2) is 4.79 Å². The number of hydrogen-bond donors (Lipinski definition) is 1. The summed E-state index contributed by atoms with van der Waals surface area (Å²) in [6.45, 7) is 5.93. The number of ether oxygens (including phenoxy) is 1. The van der Waals surface area contributed by atoms with E-state index in [4.69, 9.17) is 9.84 Å². The summed E-state index contributed by atoms with van der Waals surface area (Å²) in [4.78, 5) is 24.1. The van der Waals surface area contributed by atoms with E-state index in [0.29, 0.717) is 16.7 Å². The van der Waals surface area contributed by atoms with E-state index in [-0.39, 0.29) is 24.4 Å². The summed E-state index contributed by atoms with van der Waals surface area (Å²) in [7, 11) is 0. The van der Waals surface area contributed by atoms with Crippen LogP contribution < -0.4 is 0 Å². The number of rotatable bonds is 5. The lowest BCUT2D eigenvalue weighted by molar-refractivity contribution is 0.0474. The molecular formula is C20H22O4. The van der Waals surface area contributed by atoms with Crippen LogP contribution in [0.4, 0.5) is 0 Å². The highest BCUT2D eigenvalue weighted by Crippen LogP contribution is 2.22. The zero-order valence-corrected chi connectivity index (χ0v) is 14.2. The quantitative estimate of drug-likeness (QED) is 0.674. The molecule has 0 aliphatic carbocycles. The van der Waals surface area contributed by atoms with E-state index < -0.39 is 5.97 Å². The average Bonchev–Trinajstić information content (AvgIpc) is 2.58. The topological polar surface area (TPSA) is 63.6 Å². The Bertz CT molecular complexity index is 707. The fourth-order valence-electron chi connectivity index (χ4n) is 2.20. The first-order valence-electron chi connectivity index (χ1n) is 7.82. The molecule has 4 nitrogen and oxygen atoms in total. The highest BCUT2D eigenvalue weighted by Gasteiger charge is 2.15. The van der Waals surface area contributed by atoms with Crippen molar-refractivity contribution in [3.05, 3.63) is 70.8 Å². The van der Waals surface area contributed by atoms with E-state index in [9.17, 15) is 9.59 Å². The highest BCUT2D eigenvalue weighted by atomic mass is 16.5. The maximum absolute atomic E-state index is 12.1. The lowest BCUT2D eigenvalue weighted by atomic mass is 9.86. The number of esters is 1. The predicted molar refractivity (Wildman–Crippen MR) is 92.1 cm³/mol. The molecule has 0 radical (unpaired) electrons. The zero-order chi connectivity index (χ0) is 17.7. The molecule has 0 atom stereocenters. The van der Waals surface area contributed by atoms with E-state index in [0.717, 1.165) is 5.56 Å². The van der Waals surface area contributed by atoms with E-state index >= 15 is 0 Å². The van der Waals surface area contributed by atoms with Crippen LogP contribution >= 0.6 is 0 Å². The van der Waals surface area contributed by atoms with Crippen LogP contribution in [0.25, 0.3) is 0 Å². The van der Waals surface area contributed by atoms with Crippen LogP contribution in [0.5, 0.6) is 0 Å². The van der Waals surface area contributed by atoms with Gasteiger partial charge in [-0.05, 0) is 28.7 Å². The molecule has 0 bridgehead atoms. The predicted octanol–water partition coefficient (Wildman–Crippen LogP) is 3.52. The average molecular weight is 326 g/mol. The SMILES string of the molecule is CC(C)(C)c1ccc(C(=O)COC(=O)c2ccc(CO)cc2)cc1. The van der Waals surface area contributed by atoms with Gasteiger partial charge >= 0.3 is 5.97 Å². The van der Waals surface area contributed by atoms with Gasteiger partial charge in [0.25, 0.3) is 0 Å². The van der Waals surface area contributed by atoms with Gasteiger partial charge in [0.1, 0.15) is 0 Å². The first-order chi connectivity index (χ1) is 11.3. The summed E-state index contributed by atoms with van der Waals surface area (Å²) < 4.78 is 5.06. The summed E-state index contributed by atoms with van der Waals surface area (Å²) in [5.74, 6) is -0.796. The first kappa shape index (κ1) is 17.9. The number of aliphatic hydroxyl groups excluding tert-OH is 1. The largest absolute Gasteiger partial charge is 0.454 e. The van der Waals surface area contributed by atoms with Crippen LogP contribution in [-0.4, -0.2) is 23.5 Å². The maximum atomic E-state index is 12.1. The summed E-state index contributed by atoms with van der Waals surface area (Å²) in [5.41, 5.74) is 2.74. The Balaban J connectivity index is 1.95. The maximum Gasteiger partial charge on any atom is 0.338 e. The van der Waals surface area contributed by atoms with Crippen LogP contribution in [0.3, 0.4) is 0 Å². The van der Waals surface area contributed by atoms with Crippen molar-refractivity contribution in [1.82, 2.24) is 0 Å². The van der Waals surface area contributed by atoms with Gasteiger partial charge < -0.3 is 9.84 Å². The Morgan fingerprint density at radius 3 is 1.96 bits per heavy atom. The Hall–Kier alpha value is -2.46. The molecule has 0 amide bonds.